The third kappa shape index (κ3) is 6.30. The summed E-state index contributed by atoms with van der Waals surface area (Å²) in [6.45, 7) is 9.87. The predicted octanol–water partition coefficient (Wildman–Crippen LogP) is 6.92. The summed E-state index contributed by atoms with van der Waals surface area (Å²) in [6, 6.07) is 19.8. The minimum Gasteiger partial charge on any atom is -0.381 e. The number of ether oxygens (including phenoxy) is 2. The summed E-state index contributed by atoms with van der Waals surface area (Å²) in [5, 5.41) is 13.9. The third-order valence-electron chi connectivity index (χ3n) is 7.02. The molecule has 1 saturated heterocycles. The summed E-state index contributed by atoms with van der Waals surface area (Å²) in [6.07, 6.45) is 5.70. The fraction of sp³-hybridized carbons (Fsp3) is 0.367. The van der Waals surface area contributed by atoms with Gasteiger partial charge in [-0.05, 0) is 60.7 Å². The number of pyridine rings is 2. The summed E-state index contributed by atoms with van der Waals surface area (Å²) in [5.41, 5.74) is 5.70. The van der Waals surface area contributed by atoms with Crippen LogP contribution >= 0.6 is 0 Å². The van der Waals surface area contributed by atoms with Gasteiger partial charge in [-0.25, -0.2) is 9.97 Å². The van der Waals surface area contributed by atoms with Crippen LogP contribution < -0.4 is 5.32 Å². The molecule has 1 aromatic carbocycles. The molecule has 8 heteroatoms. The van der Waals surface area contributed by atoms with Gasteiger partial charge in [-0.15, -0.1) is 0 Å². The van der Waals surface area contributed by atoms with Crippen LogP contribution in [-0.4, -0.2) is 42.4 Å². The Morgan fingerprint density at radius 2 is 1.95 bits per heavy atom. The van der Waals surface area contributed by atoms with E-state index in [1.165, 1.54) is 5.56 Å². The van der Waals surface area contributed by atoms with Crippen LogP contribution in [0.2, 0.25) is 25.7 Å². The lowest BCUT2D eigenvalue weighted by Crippen LogP contribution is -2.22. The van der Waals surface area contributed by atoms with Gasteiger partial charge >= 0.3 is 0 Å². The number of rotatable bonds is 9. The highest BCUT2D eigenvalue weighted by Crippen LogP contribution is 2.32. The molecule has 0 spiro atoms. The number of nitriles is 1. The number of benzene rings is 1. The Bertz CT molecular complexity index is 1450. The number of fused-ring (bicyclic) bond motifs is 1. The van der Waals surface area contributed by atoms with E-state index in [9.17, 15) is 5.26 Å². The second kappa shape index (κ2) is 11.5. The van der Waals surface area contributed by atoms with Crippen molar-refractivity contribution in [3.8, 4) is 17.3 Å². The van der Waals surface area contributed by atoms with E-state index in [0.29, 0.717) is 18.3 Å². The molecule has 1 aliphatic heterocycles. The molecule has 4 heterocycles. The largest absolute Gasteiger partial charge is 0.381 e. The Morgan fingerprint density at radius 1 is 1.11 bits per heavy atom. The van der Waals surface area contributed by atoms with E-state index in [1.54, 1.807) is 6.20 Å². The molecule has 0 aliphatic carbocycles. The highest BCUT2D eigenvalue weighted by Gasteiger charge is 2.17. The average Bonchev–Trinajstić information content (AvgIpc) is 3.29. The molecule has 5 rings (SSSR count). The Kier molecular flexibility index (Phi) is 7.89. The molecule has 1 aliphatic rings. The second-order valence-corrected chi connectivity index (χ2v) is 16.7. The maximum Gasteiger partial charge on any atom is 0.141 e. The van der Waals surface area contributed by atoms with Crippen molar-refractivity contribution >= 4 is 30.5 Å². The summed E-state index contributed by atoms with van der Waals surface area (Å²) >= 11 is 0. The molecule has 196 valence electrons. The summed E-state index contributed by atoms with van der Waals surface area (Å²) in [4.78, 5) is 8.86. The van der Waals surface area contributed by atoms with Gasteiger partial charge in [0.15, 0.2) is 0 Å². The van der Waals surface area contributed by atoms with Crippen LogP contribution in [0.1, 0.15) is 30.0 Å². The first-order chi connectivity index (χ1) is 18.4. The van der Waals surface area contributed by atoms with Gasteiger partial charge in [0.1, 0.15) is 24.3 Å². The molecule has 0 radical (unpaired) electrons. The van der Waals surface area contributed by atoms with Crippen LogP contribution in [-0.2, 0) is 16.2 Å². The molecule has 1 N–H and O–H groups in total. The third-order valence-corrected chi connectivity index (χ3v) is 8.73. The molecular weight excluding hydrogens is 490 g/mol. The van der Waals surface area contributed by atoms with Crippen molar-refractivity contribution in [3.63, 3.8) is 0 Å². The van der Waals surface area contributed by atoms with Crippen LogP contribution in [0, 0.1) is 11.3 Å². The lowest BCUT2D eigenvalue weighted by molar-refractivity contribution is 0.0853. The SMILES string of the molecule is C[Si](C)(C)CCOCn1c(-c2ccnc(C#N)c2)cc2cnc(Nc3cccc(C4CCOCC4)c3)cc21. The Labute approximate surface area is 225 Å². The van der Waals surface area contributed by atoms with Crippen molar-refractivity contribution < 1.29 is 9.47 Å². The van der Waals surface area contributed by atoms with E-state index in [4.69, 9.17) is 14.5 Å². The van der Waals surface area contributed by atoms with Crippen molar-refractivity contribution in [2.75, 3.05) is 25.1 Å². The molecule has 0 bridgehead atoms. The Morgan fingerprint density at radius 3 is 2.74 bits per heavy atom. The predicted molar refractivity (Wildman–Crippen MR) is 154 cm³/mol. The topological polar surface area (TPSA) is 85.0 Å². The number of aromatic nitrogens is 3. The monoisotopic (exact) mass is 525 g/mol. The zero-order chi connectivity index (χ0) is 26.5. The van der Waals surface area contributed by atoms with Gasteiger partial charge in [-0.1, -0.05) is 31.8 Å². The lowest BCUT2D eigenvalue weighted by atomic mass is 9.91. The van der Waals surface area contributed by atoms with Gasteiger partial charge in [0.2, 0.25) is 0 Å². The van der Waals surface area contributed by atoms with Gasteiger partial charge in [0, 0.05) is 63.0 Å². The van der Waals surface area contributed by atoms with Crippen molar-refractivity contribution in [2.24, 2.45) is 0 Å². The molecule has 0 amide bonds. The van der Waals surface area contributed by atoms with Gasteiger partial charge < -0.3 is 19.4 Å². The van der Waals surface area contributed by atoms with Crippen molar-refractivity contribution in [1.82, 2.24) is 14.5 Å². The second-order valence-electron chi connectivity index (χ2n) is 11.1. The maximum absolute atomic E-state index is 9.38. The fourth-order valence-electron chi connectivity index (χ4n) is 4.84. The standard InChI is InChI=1S/C30H35N5O2Si/c1-38(2,3)14-13-37-21-35-28(24-7-10-32-27(16-24)19-31)17-25-20-33-30(18-29(25)35)34-26-6-4-5-23(15-26)22-8-11-36-12-9-22/h4-7,10,15-18,20,22H,8-9,11-14,21H2,1-3H3,(H,33,34). The summed E-state index contributed by atoms with van der Waals surface area (Å²) in [5.74, 6) is 1.31. The minimum absolute atomic E-state index is 0.392. The number of hydrogen-bond acceptors (Lipinski definition) is 6. The molecular formula is C30H35N5O2Si. The molecule has 38 heavy (non-hydrogen) atoms. The molecule has 0 saturated carbocycles. The number of anilines is 2. The van der Waals surface area contributed by atoms with Gasteiger partial charge in [0.05, 0.1) is 11.2 Å². The zero-order valence-corrected chi connectivity index (χ0v) is 23.4. The van der Waals surface area contributed by atoms with Crippen LogP contribution in [0.3, 0.4) is 0 Å². The van der Waals surface area contributed by atoms with E-state index >= 15 is 0 Å². The quantitative estimate of drug-likeness (QED) is 0.189. The van der Waals surface area contributed by atoms with Crippen LogP contribution in [0.4, 0.5) is 11.5 Å². The molecule has 4 aromatic rings. The summed E-state index contributed by atoms with van der Waals surface area (Å²) in [7, 11) is -1.20. The number of hydrogen-bond donors (Lipinski definition) is 1. The van der Waals surface area contributed by atoms with Crippen LogP contribution in [0.15, 0.2) is 60.9 Å². The summed E-state index contributed by atoms with van der Waals surface area (Å²) < 4.78 is 13.9. The van der Waals surface area contributed by atoms with Crippen molar-refractivity contribution in [3.05, 3.63) is 72.2 Å². The molecule has 3 aromatic heterocycles. The van der Waals surface area contributed by atoms with Gasteiger partial charge in [0.25, 0.3) is 0 Å². The molecule has 0 atom stereocenters. The van der Waals surface area contributed by atoms with Crippen molar-refractivity contribution in [1.29, 1.82) is 5.26 Å². The smallest absolute Gasteiger partial charge is 0.141 e. The van der Waals surface area contributed by atoms with Crippen LogP contribution in [0.5, 0.6) is 0 Å². The zero-order valence-electron chi connectivity index (χ0n) is 22.4. The number of nitrogens with zero attached hydrogens (tertiary/aromatic N) is 4. The highest BCUT2D eigenvalue weighted by molar-refractivity contribution is 6.76. The maximum atomic E-state index is 9.38. The van der Waals surface area contributed by atoms with E-state index in [0.717, 1.165) is 72.4 Å². The first-order valence-corrected chi connectivity index (χ1v) is 17.0. The van der Waals surface area contributed by atoms with Crippen LogP contribution in [0.25, 0.3) is 22.2 Å². The van der Waals surface area contributed by atoms with E-state index in [1.807, 2.05) is 18.3 Å². The molecule has 1 fully saturated rings. The van der Waals surface area contributed by atoms with Gasteiger partial charge in [-0.3, -0.25) is 0 Å². The minimum atomic E-state index is -1.20. The molecule has 0 unspecified atom stereocenters. The fourth-order valence-corrected chi connectivity index (χ4v) is 5.59. The normalized spacial score (nSPS) is 14.5. The number of nitrogens with one attached hydrogen (secondary N) is 1. The molecule has 7 nitrogen and oxygen atoms in total. The Balaban J connectivity index is 1.45. The van der Waals surface area contributed by atoms with E-state index in [2.05, 4.69) is 77.0 Å². The van der Waals surface area contributed by atoms with E-state index in [-0.39, 0.29) is 0 Å². The lowest BCUT2D eigenvalue weighted by Gasteiger charge is -2.22. The Hall–Kier alpha value is -3.51. The highest BCUT2D eigenvalue weighted by atomic mass is 28.3. The average molecular weight is 526 g/mol. The first kappa shape index (κ1) is 26.1. The van der Waals surface area contributed by atoms with Gasteiger partial charge in [-0.2, -0.15) is 5.26 Å². The van der Waals surface area contributed by atoms with Crippen molar-refractivity contribution in [2.45, 2.75) is 51.2 Å². The van der Waals surface area contributed by atoms with E-state index < -0.39 is 8.07 Å². The first-order valence-electron chi connectivity index (χ1n) is 13.3.